The van der Waals surface area contributed by atoms with E-state index < -0.39 is 12.1 Å². The summed E-state index contributed by atoms with van der Waals surface area (Å²) in [6, 6.07) is 4.28. The van der Waals surface area contributed by atoms with Crippen molar-refractivity contribution in [1.29, 1.82) is 0 Å². The molecule has 0 radical (unpaired) electrons. The van der Waals surface area contributed by atoms with Crippen LogP contribution in [0.25, 0.3) is 0 Å². The van der Waals surface area contributed by atoms with Gasteiger partial charge in [-0.15, -0.1) is 0 Å². The Labute approximate surface area is 133 Å². The molecule has 0 amide bonds. The fourth-order valence-corrected chi connectivity index (χ4v) is 3.94. The minimum atomic E-state index is -4.12. The van der Waals surface area contributed by atoms with Gasteiger partial charge in [0.15, 0.2) is 5.82 Å². The number of piperidine rings is 2. The number of nitrogens with one attached hydrogen (secondary N) is 1. The van der Waals surface area contributed by atoms with Gasteiger partial charge in [0.1, 0.15) is 5.82 Å². The average Bonchev–Trinajstić information content (AvgIpc) is 2.54. The minimum absolute atomic E-state index is 0.0163. The number of hydrogen-bond acceptors (Lipinski definition) is 4. The molecule has 2 fully saturated rings. The molecule has 4 rings (SSSR count). The van der Waals surface area contributed by atoms with Crippen molar-refractivity contribution in [3.63, 3.8) is 0 Å². The Balaban J connectivity index is 1.57. The molecule has 0 spiro atoms. The smallest absolute Gasteiger partial charge is 0.366 e. The van der Waals surface area contributed by atoms with Crippen LogP contribution in [0.4, 0.5) is 30.5 Å². The van der Waals surface area contributed by atoms with Gasteiger partial charge in [-0.05, 0) is 37.8 Å². The molecule has 0 aliphatic carbocycles. The van der Waals surface area contributed by atoms with Crippen LogP contribution in [-0.4, -0.2) is 43.4 Å². The van der Waals surface area contributed by atoms with Gasteiger partial charge in [0.25, 0.3) is 0 Å². The summed E-state index contributed by atoms with van der Waals surface area (Å²) in [4.78, 5) is 8.75. The van der Waals surface area contributed by atoms with Gasteiger partial charge in [-0.2, -0.15) is 13.2 Å². The lowest BCUT2D eigenvalue weighted by Crippen LogP contribution is -2.46. The van der Waals surface area contributed by atoms with Crippen LogP contribution < -0.4 is 15.1 Å². The fourth-order valence-electron chi connectivity index (χ4n) is 3.94. The Kier molecular flexibility index (Phi) is 3.54. The third-order valence-electron chi connectivity index (χ3n) is 5.17. The number of nitrogens with zero attached hydrogens (tertiary/aromatic N) is 3. The largest absolute Gasteiger partial charge is 0.393 e. The lowest BCUT2D eigenvalue weighted by Gasteiger charge is -2.41. The normalized spacial score (nSPS) is 27.4. The number of pyridine rings is 1. The molecule has 7 heteroatoms. The van der Waals surface area contributed by atoms with Crippen molar-refractivity contribution >= 4 is 17.3 Å². The fraction of sp³-hybridized carbons (Fsp3) is 0.688. The monoisotopic (exact) mass is 326 g/mol. The van der Waals surface area contributed by atoms with E-state index in [1.54, 1.807) is 4.90 Å². The van der Waals surface area contributed by atoms with Crippen LogP contribution in [0, 0.1) is 5.92 Å². The van der Waals surface area contributed by atoms with E-state index >= 15 is 0 Å². The van der Waals surface area contributed by atoms with Gasteiger partial charge < -0.3 is 15.1 Å². The van der Waals surface area contributed by atoms with Crippen LogP contribution in [0.15, 0.2) is 12.1 Å². The highest BCUT2D eigenvalue weighted by Gasteiger charge is 2.42. The van der Waals surface area contributed by atoms with Crippen molar-refractivity contribution in [2.45, 2.75) is 37.9 Å². The molecule has 3 aliphatic heterocycles. The summed E-state index contributed by atoms with van der Waals surface area (Å²) in [6.07, 6.45) is -1.04. The maximum atomic E-state index is 13.0. The maximum Gasteiger partial charge on any atom is 0.393 e. The number of alkyl halides is 3. The number of anilines is 3. The number of halogens is 3. The molecule has 23 heavy (non-hydrogen) atoms. The second-order valence-corrected chi connectivity index (χ2v) is 6.79. The SMILES string of the molecule is FC(F)(F)[C@H]1CCCN(c2ccc3c(n2)N[C@H]2CCCN3C2)C1. The number of fused-ring (bicyclic) bond motifs is 4. The van der Waals surface area contributed by atoms with Gasteiger partial charge in [-0.3, -0.25) is 0 Å². The lowest BCUT2D eigenvalue weighted by molar-refractivity contribution is -0.176. The van der Waals surface area contributed by atoms with E-state index in [4.69, 9.17) is 0 Å². The quantitative estimate of drug-likeness (QED) is 0.858. The van der Waals surface area contributed by atoms with Crippen molar-refractivity contribution < 1.29 is 13.2 Å². The third kappa shape index (κ3) is 2.81. The van der Waals surface area contributed by atoms with Crippen molar-refractivity contribution in [3.8, 4) is 0 Å². The topological polar surface area (TPSA) is 31.4 Å². The Morgan fingerprint density at radius 2 is 1.83 bits per heavy atom. The van der Waals surface area contributed by atoms with Crippen LogP contribution in [0.2, 0.25) is 0 Å². The molecule has 0 aromatic carbocycles. The summed E-state index contributed by atoms with van der Waals surface area (Å²) in [5, 5.41) is 3.45. The highest BCUT2D eigenvalue weighted by Crippen LogP contribution is 2.37. The Hall–Kier alpha value is -1.66. The van der Waals surface area contributed by atoms with Crippen LogP contribution in [0.1, 0.15) is 25.7 Å². The van der Waals surface area contributed by atoms with E-state index in [-0.39, 0.29) is 13.0 Å². The third-order valence-corrected chi connectivity index (χ3v) is 5.17. The van der Waals surface area contributed by atoms with Gasteiger partial charge in [0.2, 0.25) is 0 Å². The average molecular weight is 326 g/mol. The predicted octanol–water partition coefficient (Wildman–Crippen LogP) is 3.25. The minimum Gasteiger partial charge on any atom is -0.366 e. The second-order valence-electron chi connectivity index (χ2n) is 6.79. The summed E-state index contributed by atoms with van der Waals surface area (Å²) in [6.45, 7) is 2.69. The van der Waals surface area contributed by atoms with Crippen molar-refractivity contribution in [2.24, 2.45) is 5.92 Å². The zero-order valence-electron chi connectivity index (χ0n) is 12.9. The number of hydrogen-bond donors (Lipinski definition) is 1. The first-order valence-corrected chi connectivity index (χ1v) is 8.35. The van der Waals surface area contributed by atoms with E-state index in [1.807, 2.05) is 12.1 Å². The van der Waals surface area contributed by atoms with Crippen molar-refractivity contribution in [3.05, 3.63) is 12.1 Å². The molecule has 2 saturated heterocycles. The zero-order valence-corrected chi connectivity index (χ0v) is 12.9. The predicted molar refractivity (Wildman–Crippen MR) is 84.1 cm³/mol. The van der Waals surface area contributed by atoms with Crippen LogP contribution in [0.5, 0.6) is 0 Å². The zero-order chi connectivity index (χ0) is 16.0. The molecule has 0 unspecified atom stereocenters. The van der Waals surface area contributed by atoms with Gasteiger partial charge in [0, 0.05) is 32.2 Å². The first-order chi connectivity index (χ1) is 11.0. The molecular weight excluding hydrogens is 305 g/mol. The summed E-state index contributed by atoms with van der Waals surface area (Å²) in [7, 11) is 0. The van der Waals surface area contributed by atoms with E-state index in [0.29, 0.717) is 24.8 Å². The van der Waals surface area contributed by atoms with Crippen LogP contribution in [0.3, 0.4) is 0 Å². The van der Waals surface area contributed by atoms with E-state index in [0.717, 1.165) is 37.4 Å². The molecule has 0 saturated carbocycles. The Morgan fingerprint density at radius 1 is 1.04 bits per heavy atom. The molecule has 2 bridgehead atoms. The maximum absolute atomic E-state index is 13.0. The van der Waals surface area contributed by atoms with Gasteiger partial charge >= 0.3 is 6.18 Å². The first kappa shape index (κ1) is 14.9. The van der Waals surface area contributed by atoms with E-state index in [1.165, 1.54) is 0 Å². The Morgan fingerprint density at radius 3 is 2.65 bits per heavy atom. The molecule has 4 nitrogen and oxygen atoms in total. The van der Waals surface area contributed by atoms with Gasteiger partial charge in [-0.1, -0.05) is 0 Å². The molecule has 1 aromatic heterocycles. The lowest BCUT2D eigenvalue weighted by atomic mass is 9.97. The highest BCUT2D eigenvalue weighted by molar-refractivity contribution is 5.71. The van der Waals surface area contributed by atoms with E-state index in [9.17, 15) is 13.2 Å². The molecule has 2 atom stereocenters. The second kappa shape index (κ2) is 5.46. The van der Waals surface area contributed by atoms with Gasteiger partial charge in [0.05, 0.1) is 11.6 Å². The van der Waals surface area contributed by atoms with E-state index in [2.05, 4.69) is 15.2 Å². The summed E-state index contributed by atoms with van der Waals surface area (Å²) < 4.78 is 39.0. The van der Waals surface area contributed by atoms with Crippen LogP contribution in [-0.2, 0) is 0 Å². The highest BCUT2D eigenvalue weighted by atomic mass is 19.4. The summed E-state index contributed by atoms with van der Waals surface area (Å²) in [5.41, 5.74) is 1.08. The molecule has 1 N–H and O–H groups in total. The number of aromatic nitrogens is 1. The standard InChI is InChI=1S/C16H21F3N4/c17-16(18,19)11-3-1-8-23(9-11)14-6-5-13-15(21-14)20-12-4-2-7-22(13)10-12/h5-6,11-12H,1-4,7-10H2,(H,20,21)/t11-,12-/m0/s1. The van der Waals surface area contributed by atoms with Gasteiger partial charge in [-0.25, -0.2) is 4.98 Å². The summed E-state index contributed by atoms with van der Waals surface area (Å²) >= 11 is 0. The molecule has 126 valence electrons. The van der Waals surface area contributed by atoms with Crippen molar-refractivity contribution in [1.82, 2.24) is 4.98 Å². The Bertz CT molecular complexity index is 589. The molecular formula is C16H21F3N4. The number of rotatable bonds is 1. The first-order valence-electron chi connectivity index (χ1n) is 8.35. The summed E-state index contributed by atoms with van der Waals surface area (Å²) in [5.74, 6) is 0.240. The van der Waals surface area contributed by atoms with Crippen molar-refractivity contribution in [2.75, 3.05) is 41.3 Å². The molecule has 3 aliphatic rings. The molecule has 4 heterocycles. The van der Waals surface area contributed by atoms with Crippen LogP contribution >= 0.6 is 0 Å². The molecule has 1 aromatic rings.